The van der Waals surface area contributed by atoms with Gasteiger partial charge in [0, 0.05) is 28.0 Å². The fourth-order valence-electron chi connectivity index (χ4n) is 2.48. The van der Waals surface area contributed by atoms with E-state index >= 15 is 0 Å². The minimum atomic E-state index is -1.13. The Morgan fingerprint density at radius 1 is 1.11 bits per heavy atom. The number of aromatic nitrogens is 1. The number of ether oxygens (including phenoxy) is 1. The van der Waals surface area contributed by atoms with Crippen LogP contribution in [-0.2, 0) is 17.8 Å². The Morgan fingerprint density at radius 2 is 1.85 bits per heavy atom. The van der Waals surface area contributed by atoms with Crippen molar-refractivity contribution in [3.05, 3.63) is 69.6 Å². The van der Waals surface area contributed by atoms with E-state index in [2.05, 4.69) is 4.37 Å². The molecule has 1 heterocycles. The van der Waals surface area contributed by atoms with Crippen molar-refractivity contribution in [2.24, 2.45) is 0 Å². The summed E-state index contributed by atoms with van der Waals surface area (Å²) in [5.41, 5.74) is 2.27. The lowest BCUT2D eigenvalue weighted by Gasteiger charge is -2.10. The number of aliphatic carboxylic acids is 1. The molecular weight excluding hydrogens is 396 g/mol. The zero-order valence-corrected chi connectivity index (χ0v) is 15.5. The standard InChI is InChI=1S/C19H14ClF2NO3S/c20-14-5-1-12(2-6-14)19-13(10-27-23-19)9-26-15-7-3-11(4-8-16(24)25)17(21)18(15)22/h1-3,5-7,10H,4,8-9H2,(H,24,25). The van der Waals surface area contributed by atoms with E-state index in [1.165, 1.54) is 23.7 Å². The first kappa shape index (κ1) is 19.3. The molecule has 0 saturated carbocycles. The molecule has 0 amide bonds. The molecule has 0 radical (unpaired) electrons. The molecular formula is C19H14ClF2NO3S. The predicted molar refractivity (Wildman–Crippen MR) is 99.2 cm³/mol. The first-order chi connectivity index (χ1) is 13.0. The zero-order valence-electron chi connectivity index (χ0n) is 13.9. The zero-order chi connectivity index (χ0) is 19.4. The van der Waals surface area contributed by atoms with E-state index in [0.717, 1.165) is 11.1 Å². The lowest BCUT2D eigenvalue weighted by molar-refractivity contribution is -0.136. The Morgan fingerprint density at radius 3 is 2.56 bits per heavy atom. The third kappa shape index (κ3) is 4.61. The van der Waals surface area contributed by atoms with Gasteiger partial charge < -0.3 is 9.84 Å². The van der Waals surface area contributed by atoms with Gasteiger partial charge in [0.1, 0.15) is 6.61 Å². The summed E-state index contributed by atoms with van der Waals surface area (Å²) in [6.07, 6.45) is -0.366. The number of hydrogen-bond donors (Lipinski definition) is 1. The fourth-order valence-corrected chi connectivity index (χ4v) is 3.29. The van der Waals surface area contributed by atoms with Crippen LogP contribution in [0.5, 0.6) is 5.75 Å². The number of halogens is 3. The van der Waals surface area contributed by atoms with Crippen LogP contribution >= 0.6 is 23.1 Å². The highest BCUT2D eigenvalue weighted by Gasteiger charge is 2.16. The highest BCUT2D eigenvalue weighted by molar-refractivity contribution is 7.04. The summed E-state index contributed by atoms with van der Waals surface area (Å²) in [5.74, 6) is -3.53. The fraction of sp³-hybridized carbons (Fsp3) is 0.158. The monoisotopic (exact) mass is 409 g/mol. The highest BCUT2D eigenvalue weighted by Crippen LogP contribution is 2.28. The van der Waals surface area contributed by atoms with Gasteiger partial charge in [-0.15, -0.1) is 0 Å². The molecule has 140 valence electrons. The number of carboxylic acid groups (broad SMARTS) is 1. The van der Waals surface area contributed by atoms with Gasteiger partial charge in [-0.25, -0.2) is 4.39 Å². The molecule has 2 aromatic carbocycles. The third-order valence-corrected chi connectivity index (χ3v) is 4.81. The Bertz CT molecular complexity index is 960. The summed E-state index contributed by atoms with van der Waals surface area (Å²) < 4.78 is 38.1. The maximum atomic E-state index is 14.2. The van der Waals surface area contributed by atoms with Crippen molar-refractivity contribution in [3.8, 4) is 17.0 Å². The van der Waals surface area contributed by atoms with E-state index in [9.17, 15) is 13.6 Å². The predicted octanol–water partition coefficient (Wildman–Crippen LogP) is 5.34. The Kier molecular flexibility index (Phi) is 6.03. The summed E-state index contributed by atoms with van der Waals surface area (Å²) in [5, 5.41) is 11.0. The number of carboxylic acids is 1. The van der Waals surface area contributed by atoms with Gasteiger partial charge in [-0.1, -0.05) is 29.8 Å². The number of benzene rings is 2. The Labute approximate surface area is 163 Å². The molecule has 0 unspecified atom stereocenters. The van der Waals surface area contributed by atoms with Crippen molar-refractivity contribution >= 4 is 29.1 Å². The number of carbonyl (C=O) groups is 1. The van der Waals surface area contributed by atoms with E-state index in [-0.39, 0.29) is 30.8 Å². The Balaban J connectivity index is 1.74. The van der Waals surface area contributed by atoms with Crippen molar-refractivity contribution in [2.75, 3.05) is 0 Å². The summed E-state index contributed by atoms with van der Waals surface area (Å²) in [6.45, 7) is 0.0132. The second-order valence-corrected chi connectivity index (χ2v) is 6.79. The summed E-state index contributed by atoms with van der Waals surface area (Å²) in [7, 11) is 0. The van der Waals surface area contributed by atoms with E-state index in [0.29, 0.717) is 10.7 Å². The molecule has 8 heteroatoms. The van der Waals surface area contributed by atoms with E-state index in [1.807, 2.05) is 12.1 Å². The average Bonchev–Trinajstić information content (AvgIpc) is 3.11. The lowest BCUT2D eigenvalue weighted by Crippen LogP contribution is -2.04. The van der Waals surface area contributed by atoms with Gasteiger partial charge in [0.15, 0.2) is 11.6 Å². The minimum absolute atomic E-state index is 0.00121. The number of aryl methyl sites for hydroxylation is 1. The quantitative estimate of drug-likeness (QED) is 0.572. The van der Waals surface area contributed by atoms with Crippen LogP contribution in [0, 0.1) is 11.6 Å². The third-order valence-electron chi connectivity index (χ3n) is 3.88. The maximum absolute atomic E-state index is 14.2. The number of hydrogen-bond acceptors (Lipinski definition) is 4. The van der Waals surface area contributed by atoms with Crippen LogP contribution in [0.1, 0.15) is 17.5 Å². The van der Waals surface area contributed by atoms with Gasteiger partial charge in [0.2, 0.25) is 5.82 Å². The van der Waals surface area contributed by atoms with Crippen LogP contribution < -0.4 is 4.74 Å². The molecule has 1 aromatic heterocycles. The molecule has 3 aromatic rings. The molecule has 0 aliphatic carbocycles. The van der Waals surface area contributed by atoms with Gasteiger partial charge in [0.05, 0.1) is 5.69 Å². The molecule has 0 bridgehead atoms. The van der Waals surface area contributed by atoms with Crippen LogP contribution in [0.4, 0.5) is 8.78 Å². The molecule has 0 atom stereocenters. The SMILES string of the molecule is O=C(O)CCc1ccc(OCc2csnc2-c2ccc(Cl)cc2)c(F)c1F. The van der Waals surface area contributed by atoms with E-state index < -0.39 is 17.6 Å². The topological polar surface area (TPSA) is 59.4 Å². The van der Waals surface area contributed by atoms with Crippen LogP contribution in [0.25, 0.3) is 11.3 Å². The van der Waals surface area contributed by atoms with Gasteiger partial charge in [-0.05, 0) is 41.7 Å². The van der Waals surface area contributed by atoms with Gasteiger partial charge >= 0.3 is 5.97 Å². The smallest absolute Gasteiger partial charge is 0.303 e. The van der Waals surface area contributed by atoms with Crippen molar-refractivity contribution in [2.45, 2.75) is 19.4 Å². The van der Waals surface area contributed by atoms with Crippen molar-refractivity contribution < 1.29 is 23.4 Å². The molecule has 1 N–H and O–H groups in total. The molecule has 0 aliphatic heterocycles. The molecule has 0 fully saturated rings. The normalized spacial score (nSPS) is 10.8. The minimum Gasteiger partial charge on any atom is -0.486 e. The maximum Gasteiger partial charge on any atom is 0.303 e. The van der Waals surface area contributed by atoms with E-state index in [4.69, 9.17) is 21.4 Å². The van der Waals surface area contributed by atoms with E-state index in [1.54, 1.807) is 17.5 Å². The van der Waals surface area contributed by atoms with Crippen molar-refractivity contribution in [3.63, 3.8) is 0 Å². The second-order valence-electron chi connectivity index (χ2n) is 5.73. The number of rotatable bonds is 7. The molecule has 0 saturated heterocycles. The van der Waals surface area contributed by atoms with Crippen molar-refractivity contribution in [1.29, 1.82) is 0 Å². The number of nitrogens with zero attached hydrogens (tertiary/aromatic N) is 1. The largest absolute Gasteiger partial charge is 0.486 e. The van der Waals surface area contributed by atoms with Crippen molar-refractivity contribution in [1.82, 2.24) is 4.37 Å². The molecule has 4 nitrogen and oxygen atoms in total. The summed E-state index contributed by atoms with van der Waals surface area (Å²) in [4.78, 5) is 10.6. The summed E-state index contributed by atoms with van der Waals surface area (Å²) in [6, 6.07) is 9.76. The molecule has 3 rings (SSSR count). The van der Waals surface area contributed by atoms with Gasteiger partial charge in [-0.3, -0.25) is 4.79 Å². The Hall–Kier alpha value is -2.51. The molecule has 0 aliphatic rings. The van der Waals surface area contributed by atoms with Crippen LogP contribution in [0.3, 0.4) is 0 Å². The highest BCUT2D eigenvalue weighted by atomic mass is 35.5. The molecule has 0 spiro atoms. The van der Waals surface area contributed by atoms with Crippen LogP contribution in [-0.4, -0.2) is 15.4 Å². The first-order valence-electron chi connectivity index (χ1n) is 7.96. The average molecular weight is 410 g/mol. The van der Waals surface area contributed by atoms with Crippen LogP contribution in [0.15, 0.2) is 41.8 Å². The van der Waals surface area contributed by atoms with Gasteiger partial charge in [-0.2, -0.15) is 8.76 Å². The molecule has 27 heavy (non-hydrogen) atoms. The van der Waals surface area contributed by atoms with Crippen LogP contribution in [0.2, 0.25) is 5.02 Å². The summed E-state index contributed by atoms with van der Waals surface area (Å²) >= 11 is 7.12. The second kappa shape index (κ2) is 8.45. The lowest BCUT2D eigenvalue weighted by atomic mass is 10.1. The van der Waals surface area contributed by atoms with Gasteiger partial charge in [0.25, 0.3) is 0 Å². The first-order valence-corrected chi connectivity index (χ1v) is 9.18.